The Balaban J connectivity index is 1.82. The van der Waals surface area contributed by atoms with Crippen molar-refractivity contribution in [2.24, 2.45) is 0 Å². The minimum absolute atomic E-state index is 0.107. The van der Waals surface area contributed by atoms with Gasteiger partial charge in [-0.25, -0.2) is 13.4 Å². The topological polar surface area (TPSA) is 135 Å². The van der Waals surface area contributed by atoms with E-state index in [1.165, 1.54) is 17.6 Å². The predicted molar refractivity (Wildman–Crippen MR) is 137 cm³/mol. The number of carbonyl (C=O) groups excluding carboxylic acids is 1. The molecule has 1 saturated heterocycles. The van der Waals surface area contributed by atoms with E-state index in [1.54, 1.807) is 12.1 Å². The van der Waals surface area contributed by atoms with Crippen molar-refractivity contribution < 1.29 is 27.4 Å². The number of carbonyl (C=O) groups is 1. The number of methoxy groups -OCH3 is 1. The molecule has 36 heavy (non-hydrogen) atoms. The Morgan fingerprint density at radius 2 is 2.03 bits per heavy atom. The lowest BCUT2D eigenvalue weighted by atomic mass is 10.2. The zero-order chi connectivity index (χ0) is 26.5. The maximum atomic E-state index is 12.0. The number of sulfonamides is 1. The molecule has 12 nitrogen and oxygen atoms in total. The van der Waals surface area contributed by atoms with Crippen LogP contribution in [0.5, 0.6) is 17.4 Å². The lowest BCUT2D eigenvalue weighted by Gasteiger charge is -2.36. The number of aromatic nitrogens is 2. The van der Waals surface area contributed by atoms with Crippen molar-refractivity contribution >= 4 is 44.9 Å². The van der Waals surface area contributed by atoms with Crippen LogP contribution >= 0.6 is 11.6 Å². The Hall–Kier alpha value is -3.13. The quantitative estimate of drug-likeness (QED) is 0.384. The van der Waals surface area contributed by atoms with Gasteiger partial charge in [-0.15, -0.1) is 0 Å². The third-order valence-electron chi connectivity index (χ3n) is 5.06. The van der Waals surface area contributed by atoms with Crippen LogP contribution in [0.4, 0.5) is 17.3 Å². The number of anilines is 3. The molecule has 0 spiro atoms. The molecule has 1 aliphatic rings. The molecule has 1 aliphatic heterocycles. The third kappa shape index (κ3) is 7.20. The SMILES string of the molecule is C=CC(=O)Nc1cc(Nc2ncc(Cl)c(OC3CN(S(C)(=O)=O)C3)n2)c(OC)cc1OCCN(C)C. The van der Waals surface area contributed by atoms with E-state index in [4.69, 9.17) is 25.8 Å². The predicted octanol–water partition coefficient (Wildman–Crippen LogP) is 1.97. The van der Waals surface area contributed by atoms with E-state index in [1.807, 2.05) is 19.0 Å². The fourth-order valence-corrected chi connectivity index (χ4v) is 4.10. The van der Waals surface area contributed by atoms with Gasteiger partial charge in [-0.2, -0.15) is 9.29 Å². The molecule has 0 atom stereocenters. The summed E-state index contributed by atoms with van der Waals surface area (Å²) in [5.41, 5.74) is 0.833. The molecule has 1 aromatic carbocycles. The highest BCUT2D eigenvalue weighted by Crippen LogP contribution is 2.38. The molecular weight excluding hydrogens is 512 g/mol. The zero-order valence-corrected chi connectivity index (χ0v) is 22.0. The Morgan fingerprint density at radius 3 is 2.64 bits per heavy atom. The van der Waals surface area contributed by atoms with E-state index in [-0.39, 0.29) is 36.0 Å². The summed E-state index contributed by atoms with van der Waals surface area (Å²) in [4.78, 5) is 22.5. The molecule has 0 aliphatic carbocycles. The molecule has 1 fully saturated rings. The Labute approximate surface area is 215 Å². The molecule has 0 bridgehead atoms. The van der Waals surface area contributed by atoms with Crippen molar-refractivity contribution in [2.75, 3.05) is 64.3 Å². The van der Waals surface area contributed by atoms with Gasteiger partial charge in [0.2, 0.25) is 27.8 Å². The van der Waals surface area contributed by atoms with E-state index in [2.05, 4.69) is 27.2 Å². The highest BCUT2D eigenvalue weighted by Gasteiger charge is 2.35. The number of halogens is 1. The largest absolute Gasteiger partial charge is 0.494 e. The minimum Gasteiger partial charge on any atom is -0.494 e. The molecule has 1 aromatic heterocycles. The number of rotatable bonds is 12. The van der Waals surface area contributed by atoms with Gasteiger partial charge in [0.25, 0.3) is 0 Å². The monoisotopic (exact) mass is 540 g/mol. The fraction of sp³-hybridized carbons (Fsp3) is 0.409. The Bertz CT molecular complexity index is 1220. The smallest absolute Gasteiger partial charge is 0.247 e. The maximum Gasteiger partial charge on any atom is 0.247 e. The standard InChI is InChI=1S/C22H29ClN6O6S/c1-6-20(30)25-17-9-16(18(33-4)10-19(17)34-8-7-28(2)3)26-22-24-11-15(23)21(27-22)35-14-12-29(13-14)36(5,31)32/h6,9-11,14H,1,7-8,12-13H2,2-5H3,(H,25,30)(H,24,26,27). The summed E-state index contributed by atoms with van der Waals surface area (Å²) in [6.45, 7) is 4.95. The van der Waals surface area contributed by atoms with Crippen LogP contribution in [-0.4, -0.2) is 93.3 Å². The van der Waals surface area contributed by atoms with Gasteiger partial charge < -0.3 is 29.7 Å². The van der Waals surface area contributed by atoms with Gasteiger partial charge in [0.05, 0.1) is 44.0 Å². The molecule has 2 heterocycles. The number of ether oxygens (including phenoxy) is 3. The first kappa shape index (κ1) is 27.5. The van der Waals surface area contributed by atoms with Crippen molar-refractivity contribution in [3.8, 4) is 17.4 Å². The fourth-order valence-electron chi connectivity index (χ4n) is 3.09. The molecule has 14 heteroatoms. The summed E-state index contributed by atoms with van der Waals surface area (Å²) < 4.78 is 41.6. The molecule has 2 aromatic rings. The van der Waals surface area contributed by atoms with Crippen LogP contribution < -0.4 is 24.8 Å². The average Bonchev–Trinajstić information content (AvgIpc) is 2.77. The Kier molecular flexibility index (Phi) is 8.95. The normalized spacial score (nSPS) is 14.2. The second-order valence-corrected chi connectivity index (χ2v) is 10.6. The van der Waals surface area contributed by atoms with E-state index in [0.29, 0.717) is 36.0 Å². The van der Waals surface area contributed by atoms with Gasteiger partial charge in [0.1, 0.15) is 29.2 Å². The zero-order valence-electron chi connectivity index (χ0n) is 20.4. The van der Waals surface area contributed by atoms with E-state index >= 15 is 0 Å². The van der Waals surface area contributed by atoms with Crippen LogP contribution in [0.3, 0.4) is 0 Å². The lowest BCUT2D eigenvalue weighted by molar-refractivity contribution is -0.111. The second kappa shape index (κ2) is 11.7. The van der Waals surface area contributed by atoms with E-state index in [0.717, 1.165) is 12.3 Å². The molecule has 2 N–H and O–H groups in total. The first-order valence-electron chi connectivity index (χ1n) is 10.8. The Morgan fingerprint density at radius 1 is 1.31 bits per heavy atom. The third-order valence-corrected chi connectivity index (χ3v) is 6.56. The number of likely N-dealkylation sites (N-methyl/N-ethyl adjacent to an activating group) is 1. The highest BCUT2D eigenvalue weighted by atomic mass is 35.5. The van der Waals surface area contributed by atoms with Gasteiger partial charge in [0.15, 0.2) is 0 Å². The van der Waals surface area contributed by atoms with Crippen molar-refractivity contribution in [3.05, 3.63) is 36.0 Å². The van der Waals surface area contributed by atoms with Crippen molar-refractivity contribution in [2.45, 2.75) is 6.10 Å². The van der Waals surface area contributed by atoms with E-state index in [9.17, 15) is 13.2 Å². The summed E-state index contributed by atoms with van der Waals surface area (Å²) >= 11 is 6.19. The van der Waals surface area contributed by atoms with E-state index < -0.39 is 15.9 Å². The number of hydrogen-bond acceptors (Lipinski definition) is 10. The summed E-state index contributed by atoms with van der Waals surface area (Å²) in [7, 11) is 2.07. The molecule has 0 radical (unpaired) electrons. The van der Waals surface area contributed by atoms with Crippen LogP contribution in [0, 0.1) is 0 Å². The number of amides is 1. The van der Waals surface area contributed by atoms with Crippen molar-refractivity contribution in [1.29, 1.82) is 0 Å². The molecular formula is C22H29ClN6O6S. The number of nitrogens with zero attached hydrogens (tertiary/aromatic N) is 4. The summed E-state index contributed by atoms with van der Waals surface area (Å²) in [5, 5.41) is 5.93. The number of benzene rings is 1. The second-order valence-electron chi connectivity index (χ2n) is 8.19. The molecule has 0 saturated carbocycles. The highest BCUT2D eigenvalue weighted by molar-refractivity contribution is 7.88. The maximum absolute atomic E-state index is 12.0. The van der Waals surface area contributed by atoms with Crippen LogP contribution in [0.25, 0.3) is 0 Å². The minimum atomic E-state index is -3.27. The first-order valence-corrected chi connectivity index (χ1v) is 13.1. The number of nitrogens with one attached hydrogen (secondary N) is 2. The summed E-state index contributed by atoms with van der Waals surface area (Å²) in [6.07, 6.45) is 3.28. The van der Waals surface area contributed by atoms with Crippen LogP contribution in [-0.2, 0) is 14.8 Å². The first-order chi connectivity index (χ1) is 17.0. The van der Waals surface area contributed by atoms with Gasteiger partial charge in [-0.1, -0.05) is 18.2 Å². The molecule has 3 rings (SSSR count). The van der Waals surface area contributed by atoms with Crippen LogP contribution in [0.2, 0.25) is 5.02 Å². The summed E-state index contributed by atoms with van der Waals surface area (Å²) in [6, 6.07) is 3.26. The van der Waals surface area contributed by atoms with Gasteiger partial charge in [0, 0.05) is 12.6 Å². The molecule has 1 amide bonds. The lowest BCUT2D eigenvalue weighted by Crippen LogP contribution is -2.55. The number of hydrogen-bond donors (Lipinski definition) is 2. The van der Waals surface area contributed by atoms with Gasteiger partial charge in [-0.3, -0.25) is 4.79 Å². The van der Waals surface area contributed by atoms with Gasteiger partial charge >= 0.3 is 0 Å². The molecule has 196 valence electrons. The van der Waals surface area contributed by atoms with Crippen LogP contribution in [0.1, 0.15) is 0 Å². The average molecular weight is 541 g/mol. The van der Waals surface area contributed by atoms with Gasteiger partial charge in [-0.05, 0) is 26.2 Å². The van der Waals surface area contributed by atoms with Crippen molar-refractivity contribution in [1.82, 2.24) is 19.2 Å². The molecule has 0 unspecified atom stereocenters. The van der Waals surface area contributed by atoms with Crippen molar-refractivity contribution in [3.63, 3.8) is 0 Å². The summed E-state index contributed by atoms with van der Waals surface area (Å²) in [5.74, 6) is 0.668. The van der Waals surface area contributed by atoms with Crippen LogP contribution in [0.15, 0.2) is 31.0 Å².